The first-order valence-corrected chi connectivity index (χ1v) is 9.22. The third kappa shape index (κ3) is 3.95. The van der Waals surface area contributed by atoms with E-state index in [0.29, 0.717) is 12.1 Å². The van der Waals surface area contributed by atoms with Gasteiger partial charge >= 0.3 is 5.97 Å². The number of halogens is 2. The summed E-state index contributed by atoms with van der Waals surface area (Å²) in [4.78, 5) is 11.3. The van der Waals surface area contributed by atoms with Crippen LogP contribution in [0, 0.1) is 5.82 Å². The van der Waals surface area contributed by atoms with Crippen molar-refractivity contribution >= 4 is 45.0 Å². The van der Waals surface area contributed by atoms with Gasteiger partial charge in [-0.1, -0.05) is 17.7 Å². The van der Waals surface area contributed by atoms with E-state index in [4.69, 9.17) is 16.7 Å². The van der Waals surface area contributed by atoms with Crippen LogP contribution in [0.3, 0.4) is 0 Å². The Bertz CT molecular complexity index is 871. The van der Waals surface area contributed by atoms with Gasteiger partial charge in [-0.05, 0) is 36.6 Å². The second kappa shape index (κ2) is 6.77. The van der Waals surface area contributed by atoms with Gasteiger partial charge in [0.1, 0.15) is 10.7 Å². The quantitative estimate of drug-likeness (QED) is 0.778. The van der Waals surface area contributed by atoms with Crippen molar-refractivity contribution < 1.29 is 22.7 Å². The van der Waals surface area contributed by atoms with Gasteiger partial charge < -0.3 is 5.11 Å². The van der Waals surface area contributed by atoms with Crippen LogP contribution in [0.4, 0.5) is 10.1 Å². The van der Waals surface area contributed by atoms with Crippen LogP contribution in [-0.4, -0.2) is 25.7 Å². The van der Waals surface area contributed by atoms with Gasteiger partial charge in [0.05, 0.1) is 10.6 Å². The molecule has 2 N–H and O–H groups in total. The van der Waals surface area contributed by atoms with Gasteiger partial charge in [0.2, 0.25) is 0 Å². The largest absolute Gasteiger partial charge is 0.478 e. The molecule has 2 aromatic rings. The van der Waals surface area contributed by atoms with Crippen LogP contribution in [0.25, 0.3) is 0 Å². The van der Waals surface area contributed by atoms with Crippen LogP contribution in [-0.2, 0) is 10.0 Å². The van der Waals surface area contributed by atoms with Crippen LogP contribution < -0.4 is 4.72 Å². The Labute approximate surface area is 141 Å². The Morgan fingerprint density at radius 2 is 2.00 bits per heavy atom. The first-order valence-electron chi connectivity index (χ1n) is 6.14. The van der Waals surface area contributed by atoms with Crippen molar-refractivity contribution in [2.45, 2.75) is 9.79 Å². The summed E-state index contributed by atoms with van der Waals surface area (Å²) in [6.45, 7) is 0. The summed E-state index contributed by atoms with van der Waals surface area (Å²) >= 11 is 7.19. The van der Waals surface area contributed by atoms with Crippen molar-refractivity contribution in [2.24, 2.45) is 0 Å². The van der Waals surface area contributed by atoms with Gasteiger partial charge in [0, 0.05) is 10.6 Å². The van der Waals surface area contributed by atoms with E-state index < -0.39 is 37.3 Å². The third-order valence-electron chi connectivity index (χ3n) is 2.86. The van der Waals surface area contributed by atoms with Crippen LogP contribution in [0.1, 0.15) is 10.4 Å². The molecule has 0 unspecified atom stereocenters. The second-order valence-corrected chi connectivity index (χ2v) is 7.34. The Kier molecular flexibility index (Phi) is 5.18. The minimum Gasteiger partial charge on any atom is -0.478 e. The molecule has 0 aliphatic rings. The molecule has 0 aromatic heterocycles. The smallest absolute Gasteiger partial charge is 0.338 e. The summed E-state index contributed by atoms with van der Waals surface area (Å²) < 4.78 is 40.6. The molecule has 0 heterocycles. The monoisotopic (exact) mass is 375 g/mol. The van der Waals surface area contributed by atoms with E-state index in [-0.39, 0.29) is 5.69 Å². The highest BCUT2D eigenvalue weighted by atomic mass is 35.5. The van der Waals surface area contributed by atoms with E-state index in [2.05, 4.69) is 4.72 Å². The fourth-order valence-electron chi connectivity index (χ4n) is 1.80. The van der Waals surface area contributed by atoms with Gasteiger partial charge in [0.15, 0.2) is 0 Å². The molecular formula is C14H11ClFNO4S2. The lowest BCUT2D eigenvalue weighted by atomic mass is 10.2. The average molecular weight is 376 g/mol. The average Bonchev–Trinajstić information content (AvgIpc) is 2.46. The lowest BCUT2D eigenvalue weighted by molar-refractivity contribution is 0.0691. The number of thioether (sulfide) groups is 1. The standard InChI is InChI=1S/C14H11ClFNO4S2/c1-22-9-4-2-3-8(5-9)17-23(20,21)13-6-10(14(18)19)12(16)7-11(13)15/h2-7,17H,1H3,(H,18,19). The highest BCUT2D eigenvalue weighted by Crippen LogP contribution is 2.28. The Balaban J connectivity index is 2.47. The number of aromatic carboxylic acids is 1. The summed E-state index contributed by atoms with van der Waals surface area (Å²) in [5.74, 6) is -2.69. The second-order valence-electron chi connectivity index (χ2n) is 4.41. The van der Waals surface area contributed by atoms with Gasteiger partial charge in [-0.3, -0.25) is 4.72 Å². The molecule has 0 atom stereocenters. The molecule has 0 saturated heterocycles. The van der Waals surface area contributed by atoms with Crippen LogP contribution in [0.15, 0.2) is 46.2 Å². The molecule has 0 bridgehead atoms. The van der Waals surface area contributed by atoms with Crippen molar-refractivity contribution in [3.63, 3.8) is 0 Å². The predicted octanol–water partition coefficient (Wildman–Crippen LogP) is 3.70. The van der Waals surface area contributed by atoms with Gasteiger partial charge in [0.25, 0.3) is 10.0 Å². The van der Waals surface area contributed by atoms with Crippen molar-refractivity contribution in [2.75, 3.05) is 11.0 Å². The zero-order chi connectivity index (χ0) is 17.2. The molecule has 0 fully saturated rings. The number of anilines is 1. The Hall–Kier alpha value is -1.77. The van der Waals surface area contributed by atoms with E-state index in [0.717, 1.165) is 4.90 Å². The van der Waals surface area contributed by atoms with Crippen LogP contribution in [0.2, 0.25) is 5.02 Å². The van der Waals surface area contributed by atoms with Crippen molar-refractivity contribution in [3.8, 4) is 0 Å². The van der Waals surface area contributed by atoms with E-state index in [1.165, 1.54) is 17.8 Å². The molecule has 0 spiro atoms. The minimum absolute atomic E-state index is 0.286. The number of hydrogen-bond acceptors (Lipinski definition) is 4. The molecule has 0 aliphatic heterocycles. The first kappa shape index (κ1) is 17.6. The number of benzene rings is 2. The summed E-state index contributed by atoms with van der Waals surface area (Å²) in [6, 6.07) is 7.97. The van der Waals surface area contributed by atoms with Crippen molar-refractivity contribution in [1.82, 2.24) is 0 Å². The number of rotatable bonds is 5. The van der Waals surface area contributed by atoms with Crippen molar-refractivity contribution in [3.05, 3.63) is 52.8 Å². The minimum atomic E-state index is -4.16. The zero-order valence-corrected chi connectivity index (χ0v) is 14.1. The highest BCUT2D eigenvalue weighted by Gasteiger charge is 2.23. The number of carbonyl (C=O) groups is 1. The molecule has 122 valence electrons. The molecule has 0 aliphatic carbocycles. The maximum atomic E-state index is 13.5. The number of sulfonamides is 1. The van der Waals surface area contributed by atoms with E-state index in [1.807, 2.05) is 6.26 Å². The maximum Gasteiger partial charge on any atom is 0.338 e. The fraction of sp³-hybridized carbons (Fsp3) is 0.0714. The molecule has 9 heteroatoms. The molecular weight excluding hydrogens is 365 g/mol. The molecule has 0 amide bonds. The molecule has 2 aromatic carbocycles. The number of nitrogens with one attached hydrogen (secondary N) is 1. The highest BCUT2D eigenvalue weighted by molar-refractivity contribution is 7.98. The molecule has 0 radical (unpaired) electrons. The van der Waals surface area contributed by atoms with E-state index >= 15 is 0 Å². The topological polar surface area (TPSA) is 83.5 Å². The van der Waals surface area contributed by atoms with Gasteiger partial charge in [-0.15, -0.1) is 11.8 Å². The summed E-state index contributed by atoms with van der Waals surface area (Å²) in [7, 11) is -4.16. The molecule has 23 heavy (non-hydrogen) atoms. The third-order valence-corrected chi connectivity index (χ3v) is 5.43. The normalized spacial score (nSPS) is 11.3. The molecule has 5 nitrogen and oxygen atoms in total. The lowest BCUT2D eigenvalue weighted by Gasteiger charge is -2.11. The van der Waals surface area contributed by atoms with Crippen LogP contribution in [0.5, 0.6) is 0 Å². The van der Waals surface area contributed by atoms with Gasteiger partial charge in [-0.2, -0.15) is 0 Å². The van der Waals surface area contributed by atoms with E-state index in [9.17, 15) is 17.6 Å². The van der Waals surface area contributed by atoms with Crippen molar-refractivity contribution in [1.29, 1.82) is 0 Å². The summed E-state index contributed by atoms with van der Waals surface area (Å²) in [6.07, 6.45) is 1.84. The van der Waals surface area contributed by atoms with E-state index in [1.54, 1.807) is 18.2 Å². The first-order chi connectivity index (χ1) is 10.7. The zero-order valence-electron chi connectivity index (χ0n) is 11.7. The Morgan fingerprint density at radius 3 is 2.61 bits per heavy atom. The van der Waals surface area contributed by atoms with Crippen LogP contribution >= 0.6 is 23.4 Å². The molecule has 0 saturated carbocycles. The SMILES string of the molecule is CSc1cccc(NS(=O)(=O)c2cc(C(=O)O)c(F)cc2Cl)c1. The Morgan fingerprint density at radius 1 is 1.30 bits per heavy atom. The summed E-state index contributed by atoms with van der Waals surface area (Å²) in [5, 5.41) is 8.50. The lowest BCUT2D eigenvalue weighted by Crippen LogP contribution is -2.15. The number of hydrogen-bond donors (Lipinski definition) is 2. The number of carboxylic acid groups (broad SMARTS) is 1. The van der Waals surface area contributed by atoms with Gasteiger partial charge in [-0.25, -0.2) is 17.6 Å². The maximum absolute atomic E-state index is 13.5. The predicted molar refractivity (Wildman–Crippen MR) is 87.4 cm³/mol. The fourth-order valence-corrected chi connectivity index (χ4v) is 3.85. The summed E-state index contributed by atoms with van der Waals surface area (Å²) in [5.41, 5.74) is -0.484. The number of carboxylic acids is 1. The molecule has 2 rings (SSSR count).